The van der Waals surface area contributed by atoms with E-state index in [9.17, 15) is 9.59 Å². The summed E-state index contributed by atoms with van der Waals surface area (Å²) in [5, 5.41) is 12.4. The molecule has 2 N–H and O–H groups in total. The summed E-state index contributed by atoms with van der Waals surface area (Å²) >= 11 is 0. The van der Waals surface area contributed by atoms with Gasteiger partial charge < -0.3 is 29.0 Å². The molecule has 3 heterocycles. The van der Waals surface area contributed by atoms with E-state index >= 15 is 4.39 Å². The van der Waals surface area contributed by atoms with E-state index in [-0.39, 0.29) is 23.2 Å². The minimum absolute atomic E-state index is 0.0687. The van der Waals surface area contributed by atoms with Crippen LogP contribution in [0.15, 0.2) is 45.9 Å². The van der Waals surface area contributed by atoms with Crippen molar-refractivity contribution in [3.05, 3.63) is 58.5 Å². The molecule has 1 aliphatic carbocycles. The highest BCUT2D eigenvalue weighted by Crippen LogP contribution is 2.39. The van der Waals surface area contributed by atoms with Crippen LogP contribution in [0.25, 0.3) is 10.9 Å². The number of carboxylic acid groups (broad SMARTS) is 1. The van der Waals surface area contributed by atoms with Gasteiger partial charge in [0.15, 0.2) is 5.75 Å². The van der Waals surface area contributed by atoms with E-state index in [4.69, 9.17) is 9.52 Å². The molecular formula is C21H20FN3O5. The van der Waals surface area contributed by atoms with Gasteiger partial charge >= 0.3 is 6.16 Å². The molecule has 2 aromatic heterocycles. The number of aromatic nitrogens is 1. The van der Waals surface area contributed by atoms with E-state index in [0.29, 0.717) is 30.8 Å². The highest BCUT2D eigenvalue weighted by atomic mass is 19.1. The minimum atomic E-state index is -1.57. The quantitative estimate of drug-likeness (QED) is 0.634. The van der Waals surface area contributed by atoms with Crippen LogP contribution in [0.3, 0.4) is 0 Å². The molecule has 9 heteroatoms. The standard InChI is InChI=1S/C21H20FN3O5/c22-14-8-13-16(25(12-3-4-12)11-19(20(13)26)30-21(27)28)9-17(14)24-6-5-23-15(10-24)18-2-1-7-29-18/h1-2,7-9,11-12,15,23H,3-6,10H2,(H,27,28). The molecule has 2 aliphatic rings. The van der Waals surface area contributed by atoms with Crippen LogP contribution in [0.1, 0.15) is 30.7 Å². The molecule has 1 atom stereocenters. The van der Waals surface area contributed by atoms with Crippen LogP contribution in [0, 0.1) is 5.82 Å². The lowest BCUT2D eigenvalue weighted by atomic mass is 10.1. The van der Waals surface area contributed by atoms with E-state index in [1.54, 1.807) is 12.3 Å². The molecule has 2 fully saturated rings. The number of halogens is 1. The average Bonchev–Trinajstić information content (AvgIpc) is 3.42. The molecule has 156 valence electrons. The Hall–Kier alpha value is -3.33. The Labute approximate surface area is 170 Å². The number of anilines is 1. The maximum atomic E-state index is 15.1. The van der Waals surface area contributed by atoms with Gasteiger partial charge in [0.25, 0.3) is 0 Å². The molecule has 0 amide bonds. The van der Waals surface area contributed by atoms with Crippen molar-refractivity contribution in [1.82, 2.24) is 9.88 Å². The Morgan fingerprint density at radius 3 is 2.87 bits per heavy atom. The molecule has 0 bridgehead atoms. The second-order valence-corrected chi connectivity index (χ2v) is 7.62. The predicted molar refractivity (Wildman–Crippen MR) is 107 cm³/mol. The number of hydrogen-bond donors (Lipinski definition) is 2. The summed E-state index contributed by atoms with van der Waals surface area (Å²) < 4.78 is 27.1. The number of furan rings is 1. The number of pyridine rings is 1. The Balaban J connectivity index is 1.58. The Morgan fingerprint density at radius 2 is 2.17 bits per heavy atom. The van der Waals surface area contributed by atoms with Crippen molar-refractivity contribution in [3.63, 3.8) is 0 Å². The second kappa shape index (κ2) is 7.17. The van der Waals surface area contributed by atoms with Crippen LogP contribution in [-0.4, -0.2) is 35.5 Å². The Morgan fingerprint density at radius 1 is 1.33 bits per heavy atom. The van der Waals surface area contributed by atoms with Gasteiger partial charge in [0.2, 0.25) is 5.43 Å². The molecule has 3 aromatic rings. The second-order valence-electron chi connectivity index (χ2n) is 7.62. The summed E-state index contributed by atoms with van der Waals surface area (Å²) in [7, 11) is 0. The van der Waals surface area contributed by atoms with E-state index in [1.165, 1.54) is 12.3 Å². The number of nitrogens with zero attached hydrogens (tertiary/aromatic N) is 2. The van der Waals surface area contributed by atoms with Crippen molar-refractivity contribution in [3.8, 4) is 5.75 Å². The molecule has 30 heavy (non-hydrogen) atoms. The number of hydrogen-bond acceptors (Lipinski definition) is 6. The van der Waals surface area contributed by atoms with E-state index in [0.717, 1.165) is 18.6 Å². The third-order valence-electron chi connectivity index (χ3n) is 5.61. The van der Waals surface area contributed by atoms with Crippen LogP contribution >= 0.6 is 0 Å². The lowest BCUT2D eigenvalue weighted by Gasteiger charge is -2.34. The van der Waals surface area contributed by atoms with Gasteiger partial charge in [0, 0.05) is 25.7 Å². The molecule has 0 spiro atoms. The van der Waals surface area contributed by atoms with Crippen LogP contribution in [0.2, 0.25) is 0 Å². The summed E-state index contributed by atoms with van der Waals surface area (Å²) in [6.45, 7) is 1.78. The fraction of sp³-hybridized carbons (Fsp3) is 0.333. The van der Waals surface area contributed by atoms with Gasteiger partial charge in [0.1, 0.15) is 11.6 Å². The number of fused-ring (bicyclic) bond motifs is 1. The van der Waals surface area contributed by atoms with E-state index < -0.39 is 17.4 Å². The van der Waals surface area contributed by atoms with Gasteiger partial charge in [-0.1, -0.05) is 0 Å². The number of benzene rings is 1. The molecule has 5 rings (SSSR count). The highest BCUT2D eigenvalue weighted by Gasteiger charge is 2.29. The lowest BCUT2D eigenvalue weighted by molar-refractivity contribution is 0.143. The Kier molecular flexibility index (Phi) is 4.47. The van der Waals surface area contributed by atoms with Crippen molar-refractivity contribution in [2.24, 2.45) is 0 Å². The molecular weight excluding hydrogens is 393 g/mol. The lowest BCUT2D eigenvalue weighted by Crippen LogP contribution is -2.46. The van der Waals surface area contributed by atoms with E-state index in [1.807, 2.05) is 21.6 Å². The molecule has 1 aromatic carbocycles. The summed E-state index contributed by atoms with van der Waals surface area (Å²) in [6.07, 6.45) is 3.27. The third-order valence-corrected chi connectivity index (χ3v) is 5.61. The molecule has 1 aliphatic heterocycles. The van der Waals surface area contributed by atoms with Crippen molar-refractivity contribution >= 4 is 22.7 Å². The van der Waals surface area contributed by atoms with Crippen molar-refractivity contribution in [1.29, 1.82) is 0 Å². The predicted octanol–water partition coefficient (Wildman–Crippen LogP) is 3.28. The van der Waals surface area contributed by atoms with Crippen molar-refractivity contribution < 1.29 is 23.4 Å². The smallest absolute Gasteiger partial charge is 0.468 e. The van der Waals surface area contributed by atoms with Gasteiger partial charge in [-0.3, -0.25) is 4.79 Å². The first kappa shape index (κ1) is 18.7. The van der Waals surface area contributed by atoms with Crippen LogP contribution in [-0.2, 0) is 0 Å². The molecule has 8 nitrogen and oxygen atoms in total. The Bertz CT molecular complexity index is 1170. The van der Waals surface area contributed by atoms with Gasteiger partial charge in [-0.2, -0.15) is 0 Å². The summed E-state index contributed by atoms with van der Waals surface area (Å²) in [5.41, 5.74) is 0.342. The van der Waals surface area contributed by atoms with Crippen molar-refractivity contribution in [2.75, 3.05) is 24.5 Å². The first-order valence-electron chi connectivity index (χ1n) is 9.82. The maximum Gasteiger partial charge on any atom is 0.511 e. The first-order chi connectivity index (χ1) is 14.5. The topological polar surface area (TPSA) is 96.9 Å². The summed E-state index contributed by atoms with van der Waals surface area (Å²) in [4.78, 5) is 25.6. The number of ether oxygens (including phenoxy) is 1. The molecule has 1 saturated heterocycles. The van der Waals surface area contributed by atoms with E-state index in [2.05, 4.69) is 10.1 Å². The number of piperazine rings is 1. The zero-order chi connectivity index (χ0) is 20.8. The van der Waals surface area contributed by atoms with Crippen molar-refractivity contribution in [2.45, 2.75) is 24.9 Å². The minimum Gasteiger partial charge on any atom is -0.468 e. The number of nitrogens with one attached hydrogen (secondary N) is 1. The summed E-state index contributed by atoms with van der Waals surface area (Å²) in [5.74, 6) is -0.0603. The fourth-order valence-electron chi connectivity index (χ4n) is 4.05. The normalized spacial score (nSPS) is 19.2. The molecule has 0 radical (unpaired) electrons. The average molecular weight is 413 g/mol. The summed E-state index contributed by atoms with van der Waals surface area (Å²) in [6, 6.07) is 6.64. The molecule has 1 saturated carbocycles. The zero-order valence-electron chi connectivity index (χ0n) is 16.0. The first-order valence-corrected chi connectivity index (χ1v) is 9.82. The highest BCUT2D eigenvalue weighted by molar-refractivity contribution is 5.85. The SMILES string of the molecule is O=C(O)Oc1cn(C2CC2)c2cc(N3CCNC(c4ccco4)C3)c(F)cc2c1=O. The van der Waals surface area contributed by atoms with Gasteiger partial charge in [-0.15, -0.1) is 0 Å². The number of rotatable bonds is 4. The zero-order valence-corrected chi connectivity index (χ0v) is 16.0. The van der Waals surface area contributed by atoms with Gasteiger partial charge in [-0.05, 0) is 37.1 Å². The fourth-order valence-corrected chi connectivity index (χ4v) is 4.05. The largest absolute Gasteiger partial charge is 0.511 e. The molecule has 1 unspecified atom stereocenters. The van der Waals surface area contributed by atoms with Crippen LogP contribution in [0.5, 0.6) is 5.75 Å². The third kappa shape index (κ3) is 3.30. The monoisotopic (exact) mass is 413 g/mol. The number of carbonyl (C=O) groups is 1. The van der Waals surface area contributed by atoms with Gasteiger partial charge in [-0.25, -0.2) is 9.18 Å². The van der Waals surface area contributed by atoms with Crippen LogP contribution < -0.4 is 20.4 Å². The maximum absolute atomic E-state index is 15.1. The van der Waals surface area contributed by atoms with Gasteiger partial charge in [0.05, 0.1) is 35.1 Å². The van der Waals surface area contributed by atoms with Crippen LogP contribution in [0.4, 0.5) is 14.9 Å².